The van der Waals surface area contributed by atoms with Crippen LogP contribution in [-0.2, 0) is 0 Å². The van der Waals surface area contributed by atoms with Crippen molar-refractivity contribution in [3.63, 3.8) is 0 Å². The van der Waals surface area contributed by atoms with E-state index in [0.717, 1.165) is 26.8 Å². The quantitative estimate of drug-likeness (QED) is 0.513. The van der Waals surface area contributed by atoms with Crippen molar-refractivity contribution >= 4 is 34.2 Å². The number of hydrogen-bond acceptors (Lipinski definition) is 4. The average Bonchev–Trinajstić information content (AvgIpc) is 2.46. The molecule has 2 aromatic carbocycles. The molecule has 0 amide bonds. The van der Waals surface area contributed by atoms with Crippen molar-refractivity contribution in [2.45, 2.75) is 0 Å². The third-order valence-electron chi connectivity index (χ3n) is 3.09. The lowest BCUT2D eigenvalue weighted by molar-refractivity contribution is 0.413. The predicted octanol–water partition coefficient (Wildman–Crippen LogP) is 4.33. The van der Waals surface area contributed by atoms with Gasteiger partial charge in [-0.1, -0.05) is 12.2 Å². The molecule has 3 rings (SSSR count). The Bertz CT molecular complexity index is 756. The molecule has 0 radical (unpaired) electrons. The minimum absolute atomic E-state index is 0.713. The van der Waals surface area contributed by atoms with E-state index in [1.165, 1.54) is 0 Å². The summed E-state index contributed by atoms with van der Waals surface area (Å²) in [4.78, 5) is 0. The predicted molar refractivity (Wildman–Crippen MR) is 77.7 cm³/mol. The van der Waals surface area contributed by atoms with Crippen molar-refractivity contribution in [2.24, 2.45) is 0 Å². The molecule has 0 aliphatic heterocycles. The van der Waals surface area contributed by atoms with Gasteiger partial charge in [0, 0.05) is 22.9 Å². The van der Waals surface area contributed by atoms with E-state index in [9.17, 15) is 0 Å². The van der Waals surface area contributed by atoms with Crippen molar-refractivity contribution in [3.8, 4) is 11.5 Å². The van der Waals surface area contributed by atoms with Gasteiger partial charge >= 0.3 is 0 Å². The van der Waals surface area contributed by atoms with Gasteiger partial charge in [0.05, 0.1) is 18.7 Å². The molecule has 3 aromatic rings. The molecule has 96 valence electrons. The van der Waals surface area contributed by atoms with Gasteiger partial charge in [-0.2, -0.15) is 0 Å². The van der Waals surface area contributed by atoms with Crippen LogP contribution in [0, 0.1) is 4.51 Å². The summed E-state index contributed by atoms with van der Waals surface area (Å²) in [5.41, 5.74) is 1.43. The highest BCUT2D eigenvalue weighted by molar-refractivity contribution is 7.72. The van der Waals surface area contributed by atoms with Crippen molar-refractivity contribution in [1.82, 2.24) is 0 Å². The normalized spacial score (nSPS) is 10.8. The maximum Gasteiger partial charge on any atom is 0.139 e. The van der Waals surface area contributed by atoms with E-state index in [1.807, 2.05) is 36.4 Å². The molecule has 0 aliphatic carbocycles. The molecule has 0 spiro atoms. The fourth-order valence-corrected chi connectivity index (χ4v) is 2.40. The molecular weight excluding hydrogens is 260 g/mol. The first kappa shape index (κ1) is 12.0. The van der Waals surface area contributed by atoms with Gasteiger partial charge in [0.25, 0.3) is 0 Å². The van der Waals surface area contributed by atoms with Crippen molar-refractivity contribution in [1.29, 1.82) is 0 Å². The lowest BCUT2D eigenvalue weighted by atomic mass is 10.1. The molecule has 0 atom stereocenters. The molecule has 19 heavy (non-hydrogen) atoms. The molecular formula is C15H12O3S. The van der Waals surface area contributed by atoms with Crippen LogP contribution in [0.15, 0.2) is 40.8 Å². The van der Waals surface area contributed by atoms with Crippen LogP contribution in [0.3, 0.4) is 0 Å². The van der Waals surface area contributed by atoms with Crippen molar-refractivity contribution < 1.29 is 13.9 Å². The zero-order valence-electron chi connectivity index (χ0n) is 10.6. The second kappa shape index (κ2) is 4.55. The summed E-state index contributed by atoms with van der Waals surface area (Å²) in [6.45, 7) is 0. The van der Waals surface area contributed by atoms with Crippen LogP contribution in [0.5, 0.6) is 11.5 Å². The molecule has 0 saturated carbocycles. The van der Waals surface area contributed by atoms with Crippen LogP contribution in [0.1, 0.15) is 0 Å². The largest absolute Gasteiger partial charge is 0.497 e. The Labute approximate surface area is 115 Å². The first-order valence-electron chi connectivity index (χ1n) is 5.81. The standard InChI is InChI=1S/C15H12O3S/c1-16-9-3-5-11-13(7-9)18-14-8-10(17-2)4-6-12(14)15(11)19/h3-8H,1-2H3. The molecule has 0 unspecified atom stereocenters. The topological polar surface area (TPSA) is 31.6 Å². The first-order chi connectivity index (χ1) is 9.22. The Morgan fingerprint density at radius 3 is 1.74 bits per heavy atom. The Hall–Kier alpha value is -2.07. The monoisotopic (exact) mass is 272 g/mol. The Balaban J connectivity index is 2.41. The minimum atomic E-state index is 0.713. The third kappa shape index (κ3) is 1.94. The third-order valence-corrected chi connectivity index (χ3v) is 3.53. The van der Waals surface area contributed by atoms with Gasteiger partial charge in [-0.25, -0.2) is 0 Å². The lowest BCUT2D eigenvalue weighted by Gasteiger charge is -2.06. The second-order valence-corrected chi connectivity index (χ2v) is 4.56. The van der Waals surface area contributed by atoms with Gasteiger partial charge in [-0.15, -0.1) is 0 Å². The summed E-state index contributed by atoms with van der Waals surface area (Å²) in [7, 11) is 3.25. The maximum atomic E-state index is 5.89. The van der Waals surface area contributed by atoms with Gasteiger partial charge in [-0.05, 0) is 24.3 Å². The number of benzene rings is 2. The van der Waals surface area contributed by atoms with E-state index in [1.54, 1.807) is 14.2 Å². The van der Waals surface area contributed by atoms with E-state index in [-0.39, 0.29) is 0 Å². The van der Waals surface area contributed by atoms with Crippen LogP contribution in [0.2, 0.25) is 0 Å². The van der Waals surface area contributed by atoms with Crippen LogP contribution < -0.4 is 9.47 Å². The first-order valence-corrected chi connectivity index (χ1v) is 6.22. The molecule has 0 fully saturated rings. The van der Waals surface area contributed by atoms with Crippen LogP contribution in [0.25, 0.3) is 21.9 Å². The number of ether oxygens (including phenoxy) is 2. The molecule has 1 aromatic heterocycles. The molecule has 4 heteroatoms. The van der Waals surface area contributed by atoms with E-state index in [4.69, 9.17) is 26.1 Å². The van der Waals surface area contributed by atoms with E-state index >= 15 is 0 Å². The lowest BCUT2D eigenvalue weighted by Crippen LogP contribution is -1.85. The van der Waals surface area contributed by atoms with Gasteiger partial charge in [0.1, 0.15) is 22.7 Å². The summed E-state index contributed by atoms with van der Waals surface area (Å²) in [5.74, 6) is 1.49. The summed E-state index contributed by atoms with van der Waals surface area (Å²) in [5, 5.41) is 1.82. The van der Waals surface area contributed by atoms with E-state index < -0.39 is 0 Å². The Kier molecular flexibility index (Phi) is 2.87. The smallest absolute Gasteiger partial charge is 0.139 e. The molecule has 0 bridgehead atoms. The minimum Gasteiger partial charge on any atom is -0.497 e. The Morgan fingerprint density at radius 2 is 1.32 bits per heavy atom. The zero-order valence-corrected chi connectivity index (χ0v) is 11.4. The van der Waals surface area contributed by atoms with Gasteiger partial charge in [-0.3, -0.25) is 0 Å². The fourth-order valence-electron chi connectivity index (χ4n) is 2.07. The highest BCUT2D eigenvalue weighted by Gasteiger charge is 2.07. The van der Waals surface area contributed by atoms with E-state index in [2.05, 4.69) is 0 Å². The molecule has 3 nitrogen and oxygen atoms in total. The number of fused-ring (bicyclic) bond motifs is 2. The Morgan fingerprint density at radius 1 is 0.842 bits per heavy atom. The second-order valence-electron chi connectivity index (χ2n) is 4.16. The molecule has 1 heterocycles. The molecule has 0 saturated heterocycles. The van der Waals surface area contributed by atoms with Gasteiger partial charge < -0.3 is 13.9 Å². The maximum absolute atomic E-state index is 5.89. The summed E-state index contributed by atoms with van der Waals surface area (Å²) in [6.07, 6.45) is 0. The summed E-state index contributed by atoms with van der Waals surface area (Å²) >= 11 is 5.51. The number of methoxy groups -OCH3 is 2. The van der Waals surface area contributed by atoms with Crippen molar-refractivity contribution in [3.05, 3.63) is 40.9 Å². The van der Waals surface area contributed by atoms with Crippen LogP contribution >= 0.6 is 12.2 Å². The van der Waals surface area contributed by atoms with Crippen LogP contribution in [-0.4, -0.2) is 14.2 Å². The van der Waals surface area contributed by atoms with Gasteiger partial charge in [0.2, 0.25) is 0 Å². The number of rotatable bonds is 2. The van der Waals surface area contributed by atoms with E-state index in [0.29, 0.717) is 11.2 Å². The zero-order chi connectivity index (χ0) is 13.4. The highest BCUT2D eigenvalue weighted by atomic mass is 32.1. The van der Waals surface area contributed by atoms with Crippen LogP contribution in [0.4, 0.5) is 0 Å². The number of hydrogen-bond donors (Lipinski definition) is 0. The fraction of sp³-hybridized carbons (Fsp3) is 0.133. The summed E-state index contributed by atoms with van der Waals surface area (Å²) < 4.78 is 17.1. The SMILES string of the molecule is COc1ccc2c(=S)c3ccc(OC)cc3oc2c1. The summed E-state index contributed by atoms with van der Waals surface area (Å²) in [6, 6.07) is 11.3. The molecule has 0 N–H and O–H groups in total. The van der Waals surface area contributed by atoms with Crippen molar-refractivity contribution in [2.75, 3.05) is 14.2 Å². The molecule has 0 aliphatic rings. The average molecular weight is 272 g/mol. The van der Waals surface area contributed by atoms with Gasteiger partial charge in [0.15, 0.2) is 0 Å². The highest BCUT2D eigenvalue weighted by Crippen LogP contribution is 2.30.